The van der Waals surface area contributed by atoms with Crippen molar-refractivity contribution in [2.24, 2.45) is 5.10 Å². The number of hydrogen-bond donors (Lipinski definition) is 1. The monoisotopic (exact) mass is 398 g/mol. The van der Waals surface area contributed by atoms with E-state index in [-0.39, 0.29) is 0 Å². The van der Waals surface area contributed by atoms with Crippen LogP contribution in [0.3, 0.4) is 0 Å². The third-order valence-electron chi connectivity index (χ3n) is 3.02. The van der Waals surface area contributed by atoms with Gasteiger partial charge in [0.2, 0.25) is 0 Å². The number of imidazole rings is 1. The Labute approximate surface area is 145 Å². The van der Waals surface area contributed by atoms with Gasteiger partial charge in [0.15, 0.2) is 17.3 Å². The van der Waals surface area contributed by atoms with E-state index < -0.39 is 0 Å². The average molecular weight is 400 g/mol. The van der Waals surface area contributed by atoms with E-state index in [1.54, 1.807) is 12.4 Å². The number of hydrogen-bond acceptors (Lipinski definition) is 2. The summed E-state index contributed by atoms with van der Waals surface area (Å²) < 4.78 is 0. The summed E-state index contributed by atoms with van der Waals surface area (Å²) in [6.07, 6.45) is 8.49. The van der Waals surface area contributed by atoms with Crippen molar-refractivity contribution in [1.82, 2.24) is 14.9 Å². The molecule has 1 aromatic heterocycles. The number of thiol groups is 1. The van der Waals surface area contributed by atoms with Crippen molar-refractivity contribution in [3.63, 3.8) is 0 Å². The predicted octanol–water partition coefficient (Wildman–Crippen LogP) is 3.13. The Bertz CT molecular complexity index is 433. The summed E-state index contributed by atoms with van der Waals surface area (Å²) >= 11 is 5.19. The third kappa shape index (κ3) is 7.58. The van der Waals surface area contributed by atoms with E-state index >= 15 is 0 Å². The van der Waals surface area contributed by atoms with Crippen molar-refractivity contribution < 1.29 is 13.1 Å². The van der Waals surface area contributed by atoms with Crippen LogP contribution in [0.4, 0.5) is 0 Å². The van der Waals surface area contributed by atoms with Crippen LogP contribution >= 0.6 is 20.2 Å². The minimum absolute atomic E-state index is 0.697. The van der Waals surface area contributed by atoms with E-state index in [0.29, 0.717) is 5.11 Å². The first-order chi connectivity index (χ1) is 10.2. The van der Waals surface area contributed by atoms with Gasteiger partial charge >= 0.3 is 33.3 Å². The molecule has 1 aromatic rings. The zero-order valence-corrected chi connectivity index (χ0v) is 15.0. The van der Waals surface area contributed by atoms with Crippen molar-refractivity contribution >= 4 is 43.2 Å². The molecule has 2 rings (SSSR count). The number of aromatic amines is 1. The quantitative estimate of drug-likeness (QED) is 0.207. The standard InChI is InChI=1S/C12H19N5S.2ClH.Cu/c1-10(11-13-6-7-14-11)15-16-12(18)17-8-4-2-3-5-9-17;;;/h6-7H,2-5,8-9H2,1H3,(H2,13,14,15,16,18);2*1H;/q;;;+2/p-2. The molecule has 0 amide bonds. The maximum atomic E-state index is 4.67. The zero-order valence-electron chi connectivity index (χ0n) is 11.7. The van der Waals surface area contributed by atoms with Gasteiger partial charge in [-0.2, -0.15) is 0 Å². The first-order valence-corrected chi connectivity index (χ1v) is 9.60. The van der Waals surface area contributed by atoms with E-state index in [4.69, 9.17) is 0 Å². The van der Waals surface area contributed by atoms with Crippen LogP contribution in [0.15, 0.2) is 17.5 Å². The van der Waals surface area contributed by atoms with E-state index in [1.165, 1.54) is 25.7 Å². The molecule has 0 radical (unpaired) electrons. The molecule has 1 saturated heterocycles. The normalized spacial score (nSPS) is 16.8. The van der Waals surface area contributed by atoms with Crippen LogP contribution in [-0.2, 0) is 25.4 Å². The Kier molecular flexibility index (Phi) is 10.3. The van der Waals surface area contributed by atoms with Gasteiger partial charge in [-0.1, -0.05) is 12.8 Å². The molecule has 1 aliphatic rings. The molecule has 1 fully saturated rings. The fraction of sp³-hybridized carbons (Fsp3) is 0.583. The molecule has 0 spiro atoms. The summed E-state index contributed by atoms with van der Waals surface area (Å²) in [5, 5.41) is 4.86. The van der Waals surface area contributed by atoms with E-state index in [1.807, 2.05) is 6.92 Å². The Morgan fingerprint density at radius 3 is 2.52 bits per heavy atom. The van der Waals surface area contributed by atoms with E-state index in [0.717, 1.165) is 37.8 Å². The molecule has 0 atom stereocenters. The molecule has 21 heavy (non-hydrogen) atoms. The number of H-pyrrole nitrogens is 1. The molecule has 0 unspecified atom stereocenters. The first kappa shape index (κ1) is 18.9. The van der Waals surface area contributed by atoms with Crippen molar-refractivity contribution in [1.29, 1.82) is 0 Å². The SMILES string of the molecule is CC(=N[N-]C(=[SH+])N1CCCCCC1)c1ncc[nH]1.[Cl][Cu][Cl]. The van der Waals surface area contributed by atoms with Crippen LogP contribution < -0.4 is 0 Å². The van der Waals surface area contributed by atoms with Gasteiger partial charge in [0, 0.05) is 25.5 Å². The Balaban J connectivity index is 0.000000677. The third-order valence-corrected chi connectivity index (χ3v) is 3.39. The van der Waals surface area contributed by atoms with Crippen molar-refractivity contribution in [2.45, 2.75) is 32.6 Å². The molecule has 0 aliphatic carbocycles. The maximum absolute atomic E-state index is 4.67. The fourth-order valence-corrected chi connectivity index (χ4v) is 2.21. The van der Waals surface area contributed by atoms with Crippen molar-refractivity contribution in [2.75, 3.05) is 13.1 Å². The second-order valence-corrected chi connectivity index (χ2v) is 6.42. The topological polar surface area (TPSA) is 58.4 Å². The molecule has 0 bridgehead atoms. The number of likely N-dealkylation sites (tertiary alicyclic amines) is 1. The molecular formula is C12H19Cl2CuN5S. The molecule has 1 N–H and O–H groups in total. The van der Waals surface area contributed by atoms with Gasteiger partial charge < -0.3 is 15.5 Å². The molecule has 1 aliphatic heterocycles. The van der Waals surface area contributed by atoms with Crippen molar-refractivity contribution in [3.05, 3.63) is 23.6 Å². The van der Waals surface area contributed by atoms with Crippen LogP contribution in [0, 0.1) is 0 Å². The van der Waals surface area contributed by atoms with Crippen LogP contribution in [0.25, 0.3) is 5.43 Å². The summed E-state index contributed by atoms with van der Waals surface area (Å²) in [6.45, 7) is 3.93. The van der Waals surface area contributed by atoms with Crippen LogP contribution in [0.1, 0.15) is 38.4 Å². The zero-order chi connectivity index (χ0) is 15.5. The van der Waals surface area contributed by atoms with Crippen LogP contribution in [0.2, 0.25) is 0 Å². The summed E-state index contributed by atoms with van der Waals surface area (Å²) in [4.78, 5) is 9.32. The molecule has 5 nitrogen and oxygen atoms in total. The number of rotatable bonds is 2. The van der Waals surface area contributed by atoms with E-state index in [2.05, 4.69) is 57.8 Å². The number of aromatic nitrogens is 2. The first-order valence-electron chi connectivity index (χ1n) is 6.56. The summed E-state index contributed by atoms with van der Waals surface area (Å²) in [7, 11) is 9.34. The predicted molar refractivity (Wildman–Crippen MR) is 89.7 cm³/mol. The van der Waals surface area contributed by atoms with Gasteiger partial charge in [-0.15, -0.1) is 0 Å². The molecule has 9 heteroatoms. The summed E-state index contributed by atoms with van der Waals surface area (Å²) in [6, 6.07) is 0. The Morgan fingerprint density at radius 1 is 1.38 bits per heavy atom. The fourth-order valence-electron chi connectivity index (χ4n) is 1.96. The van der Waals surface area contributed by atoms with Gasteiger partial charge in [0.1, 0.15) is 5.82 Å². The van der Waals surface area contributed by atoms with Crippen LogP contribution in [-0.4, -0.2) is 38.8 Å². The van der Waals surface area contributed by atoms with Gasteiger partial charge in [0.05, 0.1) is 5.71 Å². The molecule has 2 heterocycles. The van der Waals surface area contributed by atoms with E-state index in [9.17, 15) is 0 Å². The molecular weight excluding hydrogens is 381 g/mol. The molecule has 0 aromatic carbocycles. The molecule has 0 saturated carbocycles. The average Bonchev–Trinajstić information content (AvgIpc) is 2.88. The Morgan fingerprint density at radius 2 is 2.00 bits per heavy atom. The summed E-state index contributed by atoms with van der Waals surface area (Å²) in [5.41, 5.74) is 4.95. The second-order valence-electron chi connectivity index (χ2n) is 4.47. The Hall–Kier alpha value is -0.171. The number of halogens is 2. The van der Waals surface area contributed by atoms with Gasteiger partial charge in [-0.05, 0) is 19.8 Å². The second kappa shape index (κ2) is 11.4. The van der Waals surface area contributed by atoms with Gasteiger partial charge in [-0.3, -0.25) is 0 Å². The van der Waals surface area contributed by atoms with Crippen LogP contribution in [0.5, 0.6) is 0 Å². The number of nitrogens with one attached hydrogen (secondary N) is 1. The number of nitrogens with zero attached hydrogens (tertiary/aromatic N) is 4. The summed E-state index contributed by atoms with van der Waals surface area (Å²) in [5.74, 6) is 0.746. The minimum atomic E-state index is 0.697. The van der Waals surface area contributed by atoms with Crippen molar-refractivity contribution in [3.8, 4) is 0 Å². The molecule has 123 valence electrons. The van der Waals surface area contributed by atoms with Gasteiger partial charge in [0.25, 0.3) is 0 Å². The van der Waals surface area contributed by atoms with Gasteiger partial charge in [-0.25, -0.2) is 9.88 Å².